The molecule has 9 heteroatoms. The quantitative estimate of drug-likeness (QED) is 0.325. The molecule has 106 valence electrons. The van der Waals surface area contributed by atoms with Crippen molar-refractivity contribution >= 4 is 21.9 Å². The molecule has 0 heterocycles. The van der Waals surface area contributed by atoms with Gasteiger partial charge in [0.15, 0.2) is 14.1 Å². The molecular formula is C9H14F2O5S2. The fourth-order valence-electron chi connectivity index (χ4n) is 1.79. The molecular weight excluding hydrogens is 290 g/mol. The number of hydrogen-bond acceptors (Lipinski definition) is 6. The fraction of sp³-hybridized carbons (Fsp3) is 0.778. The Hall–Kier alpha value is -0.220. The predicted octanol–water partition coefficient (Wildman–Crippen LogP) is 2.96. The zero-order valence-electron chi connectivity index (χ0n) is 9.73. The summed E-state index contributed by atoms with van der Waals surface area (Å²) in [6.07, 6.45) is 0.872. The van der Waals surface area contributed by atoms with Crippen molar-refractivity contribution in [1.82, 2.24) is 0 Å². The van der Waals surface area contributed by atoms with Crippen molar-refractivity contribution < 1.29 is 31.5 Å². The molecule has 0 atom stereocenters. The molecule has 18 heavy (non-hydrogen) atoms. The molecule has 0 bridgehead atoms. The molecule has 1 aliphatic rings. The van der Waals surface area contributed by atoms with E-state index in [1.807, 2.05) is 0 Å². The van der Waals surface area contributed by atoms with E-state index in [0.717, 1.165) is 26.4 Å². The molecule has 1 saturated carbocycles. The van der Waals surface area contributed by atoms with E-state index in [2.05, 4.69) is 14.3 Å². The maximum Gasteiger partial charge on any atom is 0.297 e. The maximum absolute atomic E-state index is 12.7. The summed E-state index contributed by atoms with van der Waals surface area (Å²) >= 11 is -0.0507. The van der Waals surface area contributed by atoms with E-state index in [-0.39, 0.29) is 12.0 Å². The molecule has 5 nitrogen and oxygen atoms in total. The van der Waals surface area contributed by atoms with Gasteiger partial charge in [-0.25, -0.2) is 13.3 Å². The molecule has 0 aromatic rings. The first-order valence-corrected chi connectivity index (χ1v) is 7.62. The van der Waals surface area contributed by atoms with Crippen LogP contribution in [-0.2, 0) is 24.1 Å². The highest BCUT2D eigenvalue weighted by Crippen LogP contribution is 2.36. The highest BCUT2D eigenvalue weighted by atomic mass is 32.3. The Labute approximate surface area is 108 Å². The van der Waals surface area contributed by atoms with Gasteiger partial charge in [0.1, 0.15) is 0 Å². The first kappa shape index (κ1) is 15.8. The van der Waals surface area contributed by atoms with Crippen LogP contribution in [-0.4, -0.2) is 20.8 Å². The van der Waals surface area contributed by atoms with Gasteiger partial charge in [-0.1, -0.05) is 24.3 Å². The Morgan fingerprint density at radius 3 is 2.33 bits per heavy atom. The molecule has 1 fully saturated rings. The lowest BCUT2D eigenvalue weighted by molar-refractivity contribution is -0.447. The number of hydrogen-bond donors (Lipinski definition) is 0. The second-order valence-corrected chi connectivity index (χ2v) is 6.87. The summed E-state index contributed by atoms with van der Waals surface area (Å²) < 4.78 is 52.4. The standard InChI is InChI=1S/C9H14F2O5S2/c1-14-15-16-17-9(8(10)11)18(12,13)7-5-3-2-4-6-7/h7H,2-6H2,1H3. The van der Waals surface area contributed by atoms with Crippen LogP contribution in [0.4, 0.5) is 8.78 Å². The topological polar surface area (TPSA) is 61.8 Å². The predicted molar refractivity (Wildman–Crippen MR) is 61.8 cm³/mol. The van der Waals surface area contributed by atoms with Gasteiger partial charge in [0.25, 0.3) is 6.08 Å². The lowest BCUT2D eigenvalue weighted by atomic mass is 10.0. The first-order valence-electron chi connectivity index (χ1n) is 5.33. The van der Waals surface area contributed by atoms with Gasteiger partial charge in [-0.05, 0) is 12.8 Å². The van der Waals surface area contributed by atoms with Crippen LogP contribution in [0.5, 0.6) is 0 Å². The van der Waals surface area contributed by atoms with Crippen molar-refractivity contribution in [3.8, 4) is 0 Å². The van der Waals surface area contributed by atoms with E-state index in [1.165, 1.54) is 0 Å². The minimum Gasteiger partial charge on any atom is -0.223 e. The van der Waals surface area contributed by atoms with Gasteiger partial charge in [-0.15, -0.1) is 4.33 Å². The first-order chi connectivity index (χ1) is 8.50. The Balaban J connectivity index is 2.80. The molecule has 0 aliphatic heterocycles. The molecule has 1 rings (SSSR count). The lowest BCUT2D eigenvalue weighted by Crippen LogP contribution is -2.24. The van der Waals surface area contributed by atoms with E-state index in [4.69, 9.17) is 0 Å². The van der Waals surface area contributed by atoms with Crippen molar-refractivity contribution in [1.29, 1.82) is 0 Å². The molecule has 0 unspecified atom stereocenters. The zero-order chi connectivity index (χ0) is 13.6. The van der Waals surface area contributed by atoms with Crippen molar-refractivity contribution in [2.75, 3.05) is 7.11 Å². The summed E-state index contributed by atoms with van der Waals surface area (Å²) in [6.45, 7) is 0. The average Bonchev–Trinajstić information content (AvgIpc) is 2.35. The van der Waals surface area contributed by atoms with Crippen LogP contribution in [0.15, 0.2) is 10.3 Å². The molecule has 0 amide bonds. The monoisotopic (exact) mass is 304 g/mol. The largest absolute Gasteiger partial charge is 0.297 e. The fourth-order valence-corrected chi connectivity index (χ4v) is 4.34. The summed E-state index contributed by atoms with van der Waals surface area (Å²) in [5.74, 6) is 0. The summed E-state index contributed by atoms with van der Waals surface area (Å²) in [6, 6.07) is 0. The Morgan fingerprint density at radius 2 is 1.83 bits per heavy atom. The van der Waals surface area contributed by atoms with Gasteiger partial charge in [0, 0.05) is 0 Å². The number of sulfone groups is 1. The number of halogens is 2. The van der Waals surface area contributed by atoms with Crippen molar-refractivity contribution in [3.63, 3.8) is 0 Å². The van der Waals surface area contributed by atoms with E-state index in [1.54, 1.807) is 0 Å². The maximum atomic E-state index is 12.7. The van der Waals surface area contributed by atoms with Crippen LogP contribution < -0.4 is 0 Å². The Kier molecular flexibility index (Phi) is 6.50. The average molecular weight is 304 g/mol. The Bertz CT molecular complexity index is 386. The zero-order valence-corrected chi connectivity index (χ0v) is 11.4. The van der Waals surface area contributed by atoms with Gasteiger partial charge < -0.3 is 0 Å². The summed E-state index contributed by atoms with van der Waals surface area (Å²) in [7, 11) is -2.97. The third-order valence-electron chi connectivity index (χ3n) is 2.61. The molecule has 0 aromatic carbocycles. The molecule has 0 N–H and O–H groups in total. The highest BCUT2D eigenvalue weighted by Gasteiger charge is 2.35. The van der Waals surface area contributed by atoms with Gasteiger partial charge >= 0.3 is 0 Å². The highest BCUT2D eigenvalue weighted by molar-refractivity contribution is 8.16. The Morgan fingerprint density at radius 1 is 1.22 bits per heavy atom. The summed E-state index contributed by atoms with van der Waals surface area (Å²) in [5.41, 5.74) is 0. The third kappa shape index (κ3) is 4.16. The minimum atomic E-state index is -4.07. The summed E-state index contributed by atoms with van der Waals surface area (Å²) in [4.78, 5) is 4.02. The van der Waals surface area contributed by atoms with Crippen LogP contribution in [0, 0.1) is 0 Å². The van der Waals surface area contributed by atoms with Crippen LogP contribution in [0.1, 0.15) is 32.1 Å². The second kappa shape index (κ2) is 7.39. The van der Waals surface area contributed by atoms with Gasteiger partial charge in [-0.3, -0.25) is 0 Å². The molecule has 0 aromatic heterocycles. The minimum absolute atomic E-state index is 0.0507. The molecule has 0 radical (unpaired) electrons. The SMILES string of the molecule is COOOSC(=C(F)F)S(=O)(=O)C1CCCCC1. The molecule has 0 spiro atoms. The van der Waals surface area contributed by atoms with Crippen LogP contribution in [0.25, 0.3) is 0 Å². The van der Waals surface area contributed by atoms with Gasteiger partial charge in [0.2, 0.25) is 0 Å². The van der Waals surface area contributed by atoms with E-state index >= 15 is 0 Å². The van der Waals surface area contributed by atoms with Gasteiger partial charge in [-0.2, -0.15) is 8.78 Å². The second-order valence-electron chi connectivity index (χ2n) is 3.74. The van der Waals surface area contributed by atoms with E-state index in [9.17, 15) is 17.2 Å². The van der Waals surface area contributed by atoms with Crippen molar-refractivity contribution in [2.24, 2.45) is 0 Å². The van der Waals surface area contributed by atoms with Crippen molar-refractivity contribution in [3.05, 3.63) is 10.3 Å². The smallest absolute Gasteiger partial charge is 0.223 e. The van der Waals surface area contributed by atoms with Crippen molar-refractivity contribution in [2.45, 2.75) is 37.4 Å². The third-order valence-corrected chi connectivity index (χ3v) is 5.96. The number of rotatable bonds is 6. The van der Waals surface area contributed by atoms with Crippen LogP contribution in [0.3, 0.4) is 0 Å². The van der Waals surface area contributed by atoms with Crippen LogP contribution in [0.2, 0.25) is 0 Å². The molecule has 1 aliphatic carbocycles. The normalized spacial score (nSPS) is 17.7. The summed E-state index contributed by atoms with van der Waals surface area (Å²) in [5, 5.41) is 3.15. The van der Waals surface area contributed by atoms with E-state index in [0.29, 0.717) is 12.8 Å². The van der Waals surface area contributed by atoms with Gasteiger partial charge in [0.05, 0.1) is 24.4 Å². The van der Waals surface area contributed by atoms with Crippen LogP contribution >= 0.6 is 12.0 Å². The lowest BCUT2D eigenvalue weighted by Gasteiger charge is -2.21. The molecule has 0 saturated heterocycles. The van der Waals surface area contributed by atoms with E-state index < -0.39 is 25.4 Å².